The standard InChI is InChI=1S/C17H9F3O/c18-14-8-11(9-15(19)16(14)20)17(21)13-7-3-5-10-4-1-2-6-12(10)13/h1-9H. The van der Waals surface area contributed by atoms with Gasteiger partial charge in [0.25, 0.3) is 0 Å². The van der Waals surface area contributed by atoms with Crippen LogP contribution in [0.15, 0.2) is 54.6 Å². The molecule has 0 heterocycles. The lowest BCUT2D eigenvalue weighted by molar-refractivity contribution is 0.103. The molecule has 0 fully saturated rings. The Morgan fingerprint density at radius 1 is 0.810 bits per heavy atom. The number of fused-ring (bicyclic) bond motifs is 1. The van der Waals surface area contributed by atoms with E-state index in [2.05, 4.69) is 0 Å². The third-order valence-electron chi connectivity index (χ3n) is 3.28. The molecule has 0 atom stereocenters. The average Bonchev–Trinajstić information content (AvgIpc) is 2.51. The highest BCUT2D eigenvalue weighted by molar-refractivity contribution is 6.16. The molecule has 0 spiro atoms. The minimum atomic E-state index is -1.58. The molecule has 0 aliphatic rings. The number of rotatable bonds is 2. The summed E-state index contributed by atoms with van der Waals surface area (Å²) in [5.74, 6) is -4.88. The Labute approximate surface area is 118 Å². The number of halogens is 3. The van der Waals surface area contributed by atoms with Crippen LogP contribution in [0.5, 0.6) is 0 Å². The normalized spacial score (nSPS) is 10.8. The van der Waals surface area contributed by atoms with Crippen molar-refractivity contribution < 1.29 is 18.0 Å². The Morgan fingerprint density at radius 3 is 2.14 bits per heavy atom. The first-order chi connectivity index (χ1) is 10.1. The Kier molecular flexibility index (Phi) is 3.22. The number of hydrogen-bond acceptors (Lipinski definition) is 1. The molecule has 4 heteroatoms. The first kappa shape index (κ1) is 13.4. The maximum absolute atomic E-state index is 13.3. The highest BCUT2D eigenvalue weighted by atomic mass is 19.2. The Bertz CT molecular complexity index is 827. The number of ketones is 1. The minimum absolute atomic E-state index is 0.220. The van der Waals surface area contributed by atoms with Crippen LogP contribution in [0.1, 0.15) is 15.9 Å². The van der Waals surface area contributed by atoms with Crippen LogP contribution < -0.4 is 0 Å². The first-order valence-electron chi connectivity index (χ1n) is 6.25. The Balaban J connectivity index is 2.17. The summed E-state index contributed by atoms with van der Waals surface area (Å²) in [6, 6.07) is 13.7. The van der Waals surface area contributed by atoms with Crippen LogP contribution in [0.3, 0.4) is 0 Å². The number of benzene rings is 3. The fourth-order valence-corrected chi connectivity index (χ4v) is 2.27. The molecule has 1 nitrogen and oxygen atoms in total. The van der Waals surface area contributed by atoms with E-state index < -0.39 is 23.2 Å². The predicted molar refractivity (Wildman–Crippen MR) is 73.7 cm³/mol. The Hall–Kier alpha value is -2.62. The number of hydrogen-bond donors (Lipinski definition) is 0. The van der Waals surface area contributed by atoms with E-state index in [-0.39, 0.29) is 5.56 Å². The van der Waals surface area contributed by atoms with Crippen molar-refractivity contribution in [1.82, 2.24) is 0 Å². The van der Waals surface area contributed by atoms with Gasteiger partial charge in [0.15, 0.2) is 23.2 Å². The van der Waals surface area contributed by atoms with Crippen LogP contribution in [0.25, 0.3) is 10.8 Å². The van der Waals surface area contributed by atoms with E-state index >= 15 is 0 Å². The van der Waals surface area contributed by atoms with Crippen molar-refractivity contribution in [3.8, 4) is 0 Å². The summed E-state index contributed by atoms with van der Waals surface area (Å²) in [6.07, 6.45) is 0. The fourth-order valence-electron chi connectivity index (χ4n) is 2.27. The van der Waals surface area contributed by atoms with E-state index in [9.17, 15) is 18.0 Å². The summed E-state index contributed by atoms with van der Waals surface area (Å²) in [5, 5.41) is 1.52. The van der Waals surface area contributed by atoms with Crippen LogP contribution in [0.2, 0.25) is 0 Å². The molecule has 3 aromatic carbocycles. The van der Waals surface area contributed by atoms with Crippen molar-refractivity contribution in [1.29, 1.82) is 0 Å². The van der Waals surface area contributed by atoms with Crippen molar-refractivity contribution in [2.24, 2.45) is 0 Å². The summed E-state index contributed by atoms with van der Waals surface area (Å²) in [7, 11) is 0. The highest BCUT2D eigenvalue weighted by Gasteiger charge is 2.17. The third kappa shape index (κ3) is 2.29. The number of carbonyl (C=O) groups excluding carboxylic acids is 1. The van der Waals surface area contributed by atoms with Gasteiger partial charge < -0.3 is 0 Å². The molecule has 0 radical (unpaired) electrons. The van der Waals surface area contributed by atoms with E-state index in [1.807, 2.05) is 18.2 Å². The van der Waals surface area contributed by atoms with Crippen LogP contribution in [-0.2, 0) is 0 Å². The third-order valence-corrected chi connectivity index (χ3v) is 3.28. The molecular weight excluding hydrogens is 277 g/mol. The molecule has 0 unspecified atom stereocenters. The van der Waals surface area contributed by atoms with E-state index in [1.54, 1.807) is 24.3 Å². The van der Waals surface area contributed by atoms with Crippen LogP contribution in [0, 0.1) is 17.5 Å². The molecule has 0 aliphatic heterocycles. The molecule has 0 amide bonds. The lowest BCUT2D eigenvalue weighted by Gasteiger charge is -2.06. The highest BCUT2D eigenvalue weighted by Crippen LogP contribution is 2.23. The summed E-state index contributed by atoms with van der Waals surface area (Å²) in [4.78, 5) is 12.4. The van der Waals surface area contributed by atoms with Crippen LogP contribution in [0.4, 0.5) is 13.2 Å². The van der Waals surface area contributed by atoms with Crippen LogP contribution in [-0.4, -0.2) is 5.78 Å². The van der Waals surface area contributed by atoms with Gasteiger partial charge in [0.1, 0.15) is 0 Å². The van der Waals surface area contributed by atoms with E-state index in [0.717, 1.165) is 5.39 Å². The lowest BCUT2D eigenvalue weighted by atomic mass is 9.97. The number of carbonyl (C=O) groups is 1. The van der Waals surface area contributed by atoms with Gasteiger partial charge in [-0.15, -0.1) is 0 Å². The van der Waals surface area contributed by atoms with Crippen LogP contribution >= 0.6 is 0 Å². The minimum Gasteiger partial charge on any atom is -0.289 e. The van der Waals surface area contributed by atoms with Gasteiger partial charge in [-0.25, -0.2) is 13.2 Å². The summed E-state index contributed by atoms with van der Waals surface area (Å²) >= 11 is 0. The van der Waals surface area contributed by atoms with Gasteiger partial charge in [-0.05, 0) is 22.9 Å². The zero-order chi connectivity index (χ0) is 15.0. The van der Waals surface area contributed by atoms with Crippen molar-refractivity contribution in [3.05, 3.63) is 83.2 Å². The molecule has 3 rings (SSSR count). The van der Waals surface area contributed by atoms with E-state index in [0.29, 0.717) is 23.1 Å². The van der Waals surface area contributed by atoms with E-state index in [1.165, 1.54) is 0 Å². The lowest BCUT2D eigenvalue weighted by Crippen LogP contribution is -2.05. The van der Waals surface area contributed by atoms with Gasteiger partial charge in [-0.2, -0.15) is 0 Å². The van der Waals surface area contributed by atoms with Crippen molar-refractivity contribution in [3.63, 3.8) is 0 Å². The summed E-state index contributed by atoms with van der Waals surface area (Å²) in [6.45, 7) is 0. The molecule has 3 aromatic rings. The second kappa shape index (κ2) is 5.05. The van der Waals surface area contributed by atoms with Gasteiger partial charge >= 0.3 is 0 Å². The topological polar surface area (TPSA) is 17.1 Å². The predicted octanol–water partition coefficient (Wildman–Crippen LogP) is 4.49. The van der Waals surface area contributed by atoms with Gasteiger partial charge in [0.2, 0.25) is 0 Å². The molecule has 0 saturated heterocycles. The molecule has 0 saturated carbocycles. The molecule has 0 N–H and O–H groups in total. The molecule has 0 bridgehead atoms. The smallest absolute Gasteiger partial charge is 0.194 e. The largest absolute Gasteiger partial charge is 0.289 e. The van der Waals surface area contributed by atoms with E-state index in [4.69, 9.17) is 0 Å². The zero-order valence-corrected chi connectivity index (χ0v) is 10.7. The molecule has 21 heavy (non-hydrogen) atoms. The van der Waals surface area contributed by atoms with Crippen molar-refractivity contribution >= 4 is 16.6 Å². The zero-order valence-electron chi connectivity index (χ0n) is 10.7. The maximum atomic E-state index is 13.3. The Morgan fingerprint density at radius 2 is 1.43 bits per heavy atom. The quantitative estimate of drug-likeness (QED) is 0.501. The monoisotopic (exact) mass is 286 g/mol. The van der Waals surface area contributed by atoms with Gasteiger partial charge in [-0.3, -0.25) is 4.79 Å². The SMILES string of the molecule is O=C(c1cc(F)c(F)c(F)c1)c1cccc2ccccc12. The molecular formula is C17H9F3O. The maximum Gasteiger partial charge on any atom is 0.194 e. The average molecular weight is 286 g/mol. The van der Waals surface area contributed by atoms with Gasteiger partial charge in [0.05, 0.1) is 0 Å². The molecule has 0 aromatic heterocycles. The first-order valence-corrected chi connectivity index (χ1v) is 6.25. The van der Waals surface area contributed by atoms with Crippen molar-refractivity contribution in [2.45, 2.75) is 0 Å². The fraction of sp³-hybridized carbons (Fsp3) is 0. The summed E-state index contributed by atoms with van der Waals surface area (Å²) < 4.78 is 39.5. The van der Waals surface area contributed by atoms with Gasteiger partial charge in [0, 0.05) is 11.1 Å². The van der Waals surface area contributed by atoms with Crippen molar-refractivity contribution in [2.75, 3.05) is 0 Å². The second-order valence-electron chi connectivity index (χ2n) is 4.61. The second-order valence-corrected chi connectivity index (χ2v) is 4.61. The van der Waals surface area contributed by atoms with Gasteiger partial charge in [-0.1, -0.05) is 42.5 Å². The molecule has 0 aliphatic carbocycles. The summed E-state index contributed by atoms with van der Waals surface area (Å²) in [5.41, 5.74) is 0.0984. The molecule has 104 valence electrons.